The minimum absolute atomic E-state index is 0.279. The quantitative estimate of drug-likeness (QED) is 0.786. The number of fused-ring (bicyclic) bond motifs is 2. The van der Waals surface area contributed by atoms with E-state index in [9.17, 15) is 13.2 Å². The molecule has 6 nitrogen and oxygen atoms in total. The average Bonchev–Trinajstić information content (AvgIpc) is 3.26. The van der Waals surface area contributed by atoms with Crippen molar-refractivity contribution in [2.75, 3.05) is 19.8 Å². The number of aryl methyl sites for hydroxylation is 1. The van der Waals surface area contributed by atoms with Crippen molar-refractivity contribution in [3.05, 3.63) is 16.1 Å². The van der Waals surface area contributed by atoms with Gasteiger partial charge in [0.15, 0.2) is 0 Å². The molecular weight excluding hydrogens is 397 g/mol. The van der Waals surface area contributed by atoms with E-state index in [4.69, 9.17) is 19.4 Å². The van der Waals surface area contributed by atoms with Crippen molar-refractivity contribution < 1.29 is 32.5 Å². The van der Waals surface area contributed by atoms with Gasteiger partial charge in [-0.2, -0.15) is 13.2 Å². The summed E-state index contributed by atoms with van der Waals surface area (Å²) in [6.45, 7) is 5.90. The average molecular weight is 422 g/mol. The molecule has 0 amide bonds. The van der Waals surface area contributed by atoms with Crippen LogP contribution in [-0.2, 0) is 20.8 Å². The predicted octanol–water partition coefficient (Wildman–Crippen LogP) is 3.24. The molecule has 1 saturated heterocycles. The summed E-state index contributed by atoms with van der Waals surface area (Å²) in [5, 5.41) is 7.12. The maximum absolute atomic E-state index is 10.6. The van der Waals surface area contributed by atoms with Gasteiger partial charge in [0.1, 0.15) is 0 Å². The molecule has 0 aromatic carbocycles. The monoisotopic (exact) mass is 422 g/mol. The summed E-state index contributed by atoms with van der Waals surface area (Å²) in [6.07, 6.45) is 0.581. The summed E-state index contributed by atoms with van der Waals surface area (Å²) >= 11 is 1.77. The lowest BCUT2D eigenvalue weighted by Crippen LogP contribution is -2.43. The summed E-state index contributed by atoms with van der Waals surface area (Å²) in [5.74, 6) is -1.93. The van der Waals surface area contributed by atoms with Gasteiger partial charge in [-0.1, -0.05) is 0 Å². The van der Waals surface area contributed by atoms with E-state index < -0.39 is 12.1 Å². The largest absolute Gasteiger partial charge is 0.490 e. The van der Waals surface area contributed by atoms with Crippen molar-refractivity contribution in [3.8, 4) is 0 Å². The van der Waals surface area contributed by atoms with Crippen molar-refractivity contribution in [3.63, 3.8) is 0 Å². The highest BCUT2D eigenvalue weighted by molar-refractivity contribution is 7.09. The Kier molecular flexibility index (Phi) is 6.95. The van der Waals surface area contributed by atoms with Gasteiger partial charge in [-0.05, 0) is 38.5 Å². The van der Waals surface area contributed by atoms with Gasteiger partial charge < -0.3 is 14.6 Å². The highest BCUT2D eigenvalue weighted by atomic mass is 32.1. The molecule has 3 unspecified atom stereocenters. The first-order chi connectivity index (χ1) is 13.3. The van der Waals surface area contributed by atoms with E-state index in [-0.39, 0.29) is 6.10 Å². The Labute approximate surface area is 165 Å². The molecule has 3 fully saturated rings. The number of carbonyl (C=O) groups is 1. The third-order valence-electron chi connectivity index (χ3n) is 5.33. The SMILES string of the molecule is Cc1ncsc1CN1CCOC2CCC1C2OCC1CC1.O=C(O)C(F)(F)F. The molecule has 2 saturated carbocycles. The zero-order valence-corrected chi connectivity index (χ0v) is 16.5. The number of rotatable bonds is 5. The number of aromatic nitrogens is 1. The van der Waals surface area contributed by atoms with Crippen LogP contribution in [-0.4, -0.2) is 65.1 Å². The Morgan fingerprint density at radius 3 is 2.68 bits per heavy atom. The van der Waals surface area contributed by atoms with Gasteiger partial charge in [0.25, 0.3) is 0 Å². The molecule has 2 aliphatic carbocycles. The van der Waals surface area contributed by atoms with Gasteiger partial charge in [-0.25, -0.2) is 9.78 Å². The fourth-order valence-corrected chi connectivity index (χ4v) is 4.38. The molecule has 3 atom stereocenters. The number of carboxylic acid groups (broad SMARTS) is 1. The fraction of sp³-hybridized carbons (Fsp3) is 0.778. The second-order valence-corrected chi connectivity index (χ2v) is 8.37. The molecule has 1 N–H and O–H groups in total. The van der Waals surface area contributed by atoms with E-state index in [2.05, 4.69) is 16.8 Å². The lowest BCUT2D eigenvalue weighted by Gasteiger charge is -2.31. The van der Waals surface area contributed by atoms with E-state index in [0.717, 1.165) is 38.6 Å². The van der Waals surface area contributed by atoms with Crippen molar-refractivity contribution in [1.82, 2.24) is 9.88 Å². The van der Waals surface area contributed by atoms with Crippen LogP contribution in [0.5, 0.6) is 0 Å². The van der Waals surface area contributed by atoms with Gasteiger partial charge in [0.2, 0.25) is 0 Å². The third-order valence-corrected chi connectivity index (χ3v) is 6.25. The summed E-state index contributed by atoms with van der Waals surface area (Å²) in [7, 11) is 0. The number of alkyl halides is 3. The van der Waals surface area contributed by atoms with Gasteiger partial charge in [0.05, 0.1) is 30.0 Å². The molecule has 3 aliphatic rings. The number of ether oxygens (including phenoxy) is 2. The molecule has 158 valence electrons. The highest BCUT2D eigenvalue weighted by Gasteiger charge is 2.43. The van der Waals surface area contributed by atoms with Crippen LogP contribution in [0.1, 0.15) is 36.3 Å². The second-order valence-electron chi connectivity index (χ2n) is 7.43. The molecule has 28 heavy (non-hydrogen) atoms. The first-order valence-electron chi connectivity index (χ1n) is 9.42. The van der Waals surface area contributed by atoms with Crippen LogP contribution in [0.25, 0.3) is 0 Å². The molecule has 2 heterocycles. The molecule has 1 aliphatic heterocycles. The topological polar surface area (TPSA) is 71.9 Å². The summed E-state index contributed by atoms with van der Waals surface area (Å²) in [6, 6.07) is 0.526. The van der Waals surface area contributed by atoms with E-state index in [1.165, 1.54) is 29.8 Å². The smallest absolute Gasteiger partial charge is 0.475 e. The van der Waals surface area contributed by atoms with E-state index in [1.54, 1.807) is 11.3 Å². The van der Waals surface area contributed by atoms with Crippen molar-refractivity contribution in [2.24, 2.45) is 5.92 Å². The van der Waals surface area contributed by atoms with Gasteiger partial charge in [-0.3, -0.25) is 4.90 Å². The van der Waals surface area contributed by atoms with E-state index in [1.807, 2.05) is 5.51 Å². The molecule has 1 aromatic heterocycles. The number of hydrogen-bond donors (Lipinski definition) is 1. The van der Waals surface area contributed by atoms with E-state index in [0.29, 0.717) is 12.1 Å². The third kappa shape index (κ3) is 5.65. The van der Waals surface area contributed by atoms with Crippen molar-refractivity contribution >= 4 is 17.3 Å². The molecule has 1 aromatic rings. The van der Waals surface area contributed by atoms with Gasteiger partial charge >= 0.3 is 12.1 Å². The van der Waals surface area contributed by atoms with E-state index >= 15 is 0 Å². The number of thiazole rings is 1. The van der Waals surface area contributed by atoms with Crippen LogP contribution < -0.4 is 0 Å². The maximum Gasteiger partial charge on any atom is 0.490 e. The molecule has 10 heteroatoms. The fourth-order valence-electron chi connectivity index (χ4n) is 3.58. The Morgan fingerprint density at radius 2 is 2.11 bits per heavy atom. The number of carboxylic acids is 1. The van der Waals surface area contributed by atoms with Gasteiger partial charge in [-0.15, -0.1) is 11.3 Å². The minimum atomic E-state index is -5.08. The zero-order valence-electron chi connectivity index (χ0n) is 15.7. The molecule has 0 radical (unpaired) electrons. The number of halogens is 3. The van der Waals surface area contributed by atoms with Crippen molar-refractivity contribution in [1.29, 1.82) is 0 Å². The Balaban J connectivity index is 0.000000279. The van der Waals surface area contributed by atoms with Crippen LogP contribution >= 0.6 is 11.3 Å². The van der Waals surface area contributed by atoms with Crippen LogP contribution in [0.4, 0.5) is 13.2 Å². The first kappa shape index (κ1) is 21.5. The Hall–Kier alpha value is -1.23. The number of aliphatic carboxylic acids is 1. The van der Waals surface area contributed by atoms with Crippen LogP contribution in [0, 0.1) is 12.8 Å². The maximum atomic E-state index is 10.6. The predicted molar refractivity (Wildman–Crippen MR) is 96.2 cm³/mol. The van der Waals surface area contributed by atoms with Crippen molar-refractivity contribution in [2.45, 2.75) is 63.6 Å². The highest BCUT2D eigenvalue weighted by Crippen LogP contribution is 2.36. The lowest BCUT2D eigenvalue weighted by molar-refractivity contribution is -0.192. The minimum Gasteiger partial charge on any atom is -0.475 e. The number of nitrogens with zero attached hydrogens (tertiary/aromatic N) is 2. The number of hydrogen-bond acceptors (Lipinski definition) is 6. The molecule has 2 bridgehead atoms. The van der Waals surface area contributed by atoms with Crippen LogP contribution in [0.15, 0.2) is 5.51 Å². The van der Waals surface area contributed by atoms with Gasteiger partial charge in [0, 0.05) is 30.6 Å². The lowest BCUT2D eigenvalue weighted by atomic mass is 10.1. The standard InChI is InChI=1S/C16H24N2O2S.C2HF3O2/c1-11-15(21-10-17-11)8-18-6-7-19-14-5-4-13(18)16(14)20-9-12-2-3-12;3-2(4,5)1(6)7/h10,12-14,16H,2-9H2,1H3;(H,6,7). The zero-order chi connectivity index (χ0) is 20.3. The summed E-state index contributed by atoms with van der Waals surface area (Å²) in [5.41, 5.74) is 3.13. The molecular formula is C18H25F3N2O4S. The normalized spacial score (nSPS) is 27.8. The molecule has 0 spiro atoms. The summed E-state index contributed by atoms with van der Waals surface area (Å²) in [4.78, 5) is 17.2. The Morgan fingerprint density at radius 1 is 1.39 bits per heavy atom. The second kappa shape index (κ2) is 9.06. The Bertz CT molecular complexity index is 666. The molecule has 4 rings (SSSR count). The first-order valence-corrected chi connectivity index (χ1v) is 10.3. The van der Waals surface area contributed by atoms with Crippen LogP contribution in [0.2, 0.25) is 0 Å². The summed E-state index contributed by atoms with van der Waals surface area (Å²) < 4.78 is 44.1. The van der Waals surface area contributed by atoms with Crippen LogP contribution in [0.3, 0.4) is 0 Å².